The Balaban J connectivity index is 1.88. The zero-order valence-corrected chi connectivity index (χ0v) is 13.8. The van der Waals surface area contributed by atoms with Crippen LogP contribution in [-0.2, 0) is 11.3 Å². The average Bonchev–Trinajstić information content (AvgIpc) is 2.64. The van der Waals surface area contributed by atoms with Crippen molar-refractivity contribution < 1.29 is 32.2 Å². The standard InChI is InChI=1S/C18H16F3NO4/c1-25-17(24)14-6-4-13(5-7-14)16(23)22-10-12-2-8-15(9-3-12)26-11-18(19,20)21/h2-9H,10-11H2,1H3,(H,22,23). The van der Waals surface area contributed by atoms with Crippen molar-refractivity contribution in [2.45, 2.75) is 12.7 Å². The summed E-state index contributed by atoms with van der Waals surface area (Å²) in [5.41, 5.74) is 1.39. The van der Waals surface area contributed by atoms with Gasteiger partial charge in [-0.2, -0.15) is 13.2 Å². The molecule has 2 aromatic carbocycles. The molecule has 0 spiro atoms. The highest BCUT2D eigenvalue weighted by molar-refractivity contribution is 5.96. The molecule has 2 rings (SSSR count). The van der Waals surface area contributed by atoms with Crippen molar-refractivity contribution in [1.29, 1.82) is 0 Å². The second kappa shape index (κ2) is 8.37. The summed E-state index contributed by atoms with van der Waals surface area (Å²) in [6.45, 7) is -1.16. The molecule has 1 N–H and O–H groups in total. The van der Waals surface area contributed by atoms with Gasteiger partial charge in [-0.15, -0.1) is 0 Å². The summed E-state index contributed by atoms with van der Waals surface area (Å²) in [5, 5.41) is 2.68. The number of carbonyl (C=O) groups excluding carboxylic acids is 2. The molecular weight excluding hydrogens is 351 g/mol. The summed E-state index contributed by atoms with van der Waals surface area (Å²) >= 11 is 0. The van der Waals surface area contributed by atoms with Gasteiger partial charge in [0.2, 0.25) is 0 Å². The van der Waals surface area contributed by atoms with Crippen LogP contribution in [0.4, 0.5) is 13.2 Å². The van der Waals surface area contributed by atoms with Gasteiger partial charge in [0.15, 0.2) is 6.61 Å². The Morgan fingerprint density at radius 3 is 2.08 bits per heavy atom. The number of hydrogen-bond donors (Lipinski definition) is 1. The Hall–Kier alpha value is -3.03. The molecule has 26 heavy (non-hydrogen) atoms. The highest BCUT2D eigenvalue weighted by Crippen LogP contribution is 2.18. The summed E-state index contributed by atoms with van der Waals surface area (Å²) in [4.78, 5) is 23.4. The summed E-state index contributed by atoms with van der Waals surface area (Å²) in [6, 6.07) is 11.9. The molecule has 0 unspecified atom stereocenters. The van der Waals surface area contributed by atoms with Gasteiger partial charge in [0, 0.05) is 12.1 Å². The molecule has 0 saturated heterocycles. The van der Waals surface area contributed by atoms with Crippen LogP contribution in [0.1, 0.15) is 26.3 Å². The summed E-state index contributed by atoms with van der Waals surface area (Å²) < 4.78 is 45.4. The molecule has 0 aromatic heterocycles. The number of benzene rings is 2. The Morgan fingerprint density at radius 2 is 1.54 bits per heavy atom. The predicted molar refractivity (Wildman–Crippen MR) is 86.9 cm³/mol. The molecule has 0 aliphatic rings. The molecule has 2 aromatic rings. The van der Waals surface area contributed by atoms with E-state index >= 15 is 0 Å². The van der Waals surface area contributed by atoms with Crippen molar-refractivity contribution in [2.75, 3.05) is 13.7 Å². The van der Waals surface area contributed by atoms with E-state index in [2.05, 4.69) is 14.8 Å². The average molecular weight is 367 g/mol. The molecule has 5 nitrogen and oxygen atoms in total. The van der Waals surface area contributed by atoms with Crippen LogP contribution in [0, 0.1) is 0 Å². The van der Waals surface area contributed by atoms with Gasteiger partial charge in [0.25, 0.3) is 5.91 Å². The molecule has 138 valence electrons. The van der Waals surface area contributed by atoms with Gasteiger partial charge in [-0.05, 0) is 42.0 Å². The number of nitrogens with one attached hydrogen (secondary N) is 1. The van der Waals surface area contributed by atoms with Crippen molar-refractivity contribution in [3.8, 4) is 5.75 Å². The topological polar surface area (TPSA) is 64.6 Å². The number of amides is 1. The van der Waals surface area contributed by atoms with Crippen LogP contribution in [0.5, 0.6) is 5.75 Å². The highest BCUT2D eigenvalue weighted by atomic mass is 19.4. The lowest BCUT2D eigenvalue weighted by Crippen LogP contribution is -2.22. The third-order valence-electron chi connectivity index (χ3n) is 3.35. The molecule has 0 fully saturated rings. The van der Waals surface area contributed by atoms with E-state index in [-0.39, 0.29) is 18.2 Å². The molecule has 0 atom stereocenters. The van der Waals surface area contributed by atoms with Crippen molar-refractivity contribution in [3.05, 3.63) is 65.2 Å². The summed E-state index contributed by atoms with van der Waals surface area (Å²) in [7, 11) is 1.27. The molecule has 0 aliphatic carbocycles. The number of alkyl halides is 3. The third-order valence-corrected chi connectivity index (χ3v) is 3.35. The van der Waals surface area contributed by atoms with E-state index in [1.165, 1.54) is 43.5 Å². The number of rotatable bonds is 6. The van der Waals surface area contributed by atoms with Crippen LogP contribution in [0.2, 0.25) is 0 Å². The lowest BCUT2D eigenvalue weighted by atomic mass is 10.1. The van der Waals surface area contributed by atoms with Crippen LogP contribution in [0.3, 0.4) is 0 Å². The van der Waals surface area contributed by atoms with Gasteiger partial charge < -0.3 is 14.8 Å². The monoisotopic (exact) mass is 367 g/mol. The minimum Gasteiger partial charge on any atom is -0.484 e. The van der Waals surface area contributed by atoms with Crippen LogP contribution >= 0.6 is 0 Å². The zero-order valence-electron chi connectivity index (χ0n) is 13.8. The molecule has 0 heterocycles. The van der Waals surface area contributed by atoms with Crippen LogP contribution in [0.15, 0.2) is 48.5 Å². The van der Waals surface area contributed by atoms with Crippen molar-refractivity contribution >= 4 is 11.9 Å². The van der Waals surface area contributed by atoms with E-state index in [4.69, 9.17) is 0 Å². The molecule has 0 radical (unpaired) electrons. The van der Waals surface area contributed by atoms with E-state index in [0.29, 0.717) is 16.7 Å². The minimum absolute atomic E-state index is 0.0933. The fraction of sp³-hybridized carbons (Fsp3) is 0.222. The first-order chi connectivity index (χ1) is 12.3. The van der Waals surface area contributed by atoms with Crippen molar-refractivity contribution in [1.82, 2.24) is 5.32 Å². The number of halogens is 3. The van der Waals surface area contributed by atoms with Gasteiger partial charge in [-0.25, -0.2) is 4.79 Å². The van der Waals surface area contributed by atoms with Gasteiger partial charge >= 0.3 is 12.1 Å². The van der Waals surface area contributed by atoms with E-state index in [1.807, 2.05) is 0 Å². The Bertz CT molecular complexity index is 756. The lowest BCUT2D eigenvalue weighted by molar-refractivity contribution is -0.153. The number of methoxy groups -OCH3 is 1. The van der Waals surface area contributed by atoms with Crippen LogP contribution < -0.4 is 10.1 Å². The Labute approximate surface area is 147 Å². The minimum atomic E-state index is -4.39. The smallest absolute Gasteiger partial charge is 0.422 e. The maximum absolute atomic E-state index is 12.1. The van der Waals surface area contributed by atoms with Gasteiger partial charge in [-0.3, -0.25) is 4.79 Å². The lowest BCUT2D eigenvalue weighted by Gasteiger charge is -2.10. The molecule has 8 heteroatoms. The first kappa shape index (κ1) is 19.3. The highest BCUT2D eigenvalue weighted by Gasteiger charge is 2.28. The molecule has 0 aliphatic heterocycles. The Morgan fingerprint density at radius 1 is 0.962 bits per heavy atom. The second-order valence-corrected chi connectivity index (χ2v) is 5.30. The SMILES string of the molecule is COC(=O)c1ccc(C(=O)NCc2ccc(OCC(F)(F)F)cc2)cc1. The van der Waals surface area contributed by atoms with Gasteiger partial charge in [0.1, 0.15) is 5.75 Å². The molecule has 0 saturated carbocycles. The molecule has 0 bridgehead atoms. The van der Waals surface area contributed by atoms with Crippen molar-refractivity contribution in [3.63, 3.8) is 0 Å². The normalized spacial score (nSPS) is 10.9. The molecular formula is C18H16F3NO4. The number of esters is 1. The number of carbonyl (C=O) groups is 2. The molecule has 1 amide bonds. The maximum atomic E-state index is 12.1. The Kier molecular flexibility index (Phi) is 6.21. The maximum Gasteiger partial charge on any atom is 0.422 e. The fourth-order valence-corrected chi connectivity index (χ4v) is 2.03. The van der Waals surface area contributed by atoms with Crippen molar-refractivity contribution in [2.24, 2.45) is 0 Å². The largest absolute Gasteiger partial charge is 0.484 e. The van der Waals surface area contributed by atoms with E-state index in [0.717, 1.165) is 0 Å². The van der Waals surface area contributed by atoms with Crippen LogP contribution in [0.25, 0.3) is 0 Å². The van der Waals surface area contributed by atoms with Gasteiger partial charge in [0.05, 0.1) is 12.7 Å². The number of hydrogen-bond acceptors (Lipinski definition) is 4. The summed E-state index contributed by atoms with van der Waals surface area (Å²) in [6.07, 6.45) is -4.39. The zero-order chi connectivity index (χ0) is 19.2. The van der Waals surface area contributed by atoms with Gasteiger partial charge in [-0.1, -0.05) is 12.1 Å². The predicted octanol–water partition coefficient (Wildman–Crippen LogP) is 3.34. The van der Waals surface area contributed by atoms with E-state index in [9.17, 15) is 22.8 Å². The van der Waals surface area contributed by atoms with Crippen LogP contribution in [-0.4, -0.2) is 31.8 Å². The van der Waals surface area contributed by atoms with E-state index in [1.54, 1.807) is 12.1 Å². The fourth-order valence-electron chi connectivity index (χ4n) is 2.03. The first-order valence-electron chi connectivity index (χ1n) is 7.53. The third kappa shape index (κ3) is 5.80. The first-order valence-corrected chi connectivity index (χ1v) is 7.53. The number of ether oxygens (including phenoxy) is 2. The summed E-state index contributed by atoms with van der Waals surface area (Å²) in [5.74, 6) is -0.751. The quantitative estimate of drug-likeness (QED) is 0.796. The van der Waals surface area contributed by atoms with E-state index < -0.39 is 18.8 Å². The second-order valence-electron chi connectivity index (χ2n) is 5.30.